The van der Waals surface area contributed by atoms with E-state index >= 15 is 0 Å². The molecule has 2 aromatic heterocycles. The number of thiazole rings is 1. The molecule has 4 rings (SSSR count). The zero-order valence-electron chi connectivity index (χ0n) is 23.8. The number of benzene rings is 2. The third kappa shape index (κ3) is 6.30. The number of aryl methyl sites for hydroxylation is 2. The van der Waals surface area contributed by atoms with Gasteiger partial charge in [0.1, 0.15) is 5.01 Å². The van der Waals surface area contributed by atoms with Crippen LogP contribution in [-0.2, 0) is 19.3 Å². The summed E-state index contributed by atoms with van der Waals surface area (Å²) in [6, 6.07) is 15.3. The number of carbonyl (C=O) groups excluding carboxylic acids is 1. The summed E-state index contributed by atoms with van der Waals surface area (Å²) in [5.41, 5.74) is 6.14. The van der Waals surface area contributed by atoms with E-state index in [1.807, 2.05) is 42.6 Å². The summed E-state index contributed by atoms with van der Waals surface area (Å²) in [4.78, 5) is 33.2. The molecule has 0 spiro atoms. The van der Waals surface area contributed by atoms with Crippen molar-refractivity contribution in [2.24, 2.45) is 11.8 Å². The van der Waals surface area contributed by atoms with E-state index in [4.69, 9.17) is 16.6 Å². The van der Waals surface area contributed by atoms with Crippen LogP contribution >= 0.6 is 22.9 Å². The Labute approximate surface area is 245 Å². The van der Waals surface area contributed by atoms with Crippen molar-refractivity contribution < 1.29 is 9.90 Å². The molecule has 0 bridgehead atoms. The molecule has 4 aromatic rings. The average molecular weight is 577 g/mol. The first-order valence-corrected chi connectivity index (χ1v) is 15.2. The highest BCUT2D eigenvalue weighted by Gasteiger charge is 2.26. The van der Waals surface area contributed by atoms with Crippen LogP contribution in [0.2, 0.25) is 5.02 Å². The van der Waals surface area contributed by atoms with Gasteiger partial charge in [0.2, 0.25) is 0 Å². The van der Waals surface area contributed by atoms with Crippen molar-refractivity contribution in [2.75, 3.05) is 6.61 Å². The van der Waals surface area contributed by atoms with Gasteiger partial charge in [-0.3, -0.25) is 14.2 Å². The van der Waals surface area contributed by atoms with Crippen molar-refractivity contribution in [2.45, 2.75) is 60.3 Å². The Balaban J connectivity index is 2.05. The van der Waals surface area contributed by atoms with Crippen LogP contribution in [0.1, 0.15) is 68.2 Å². The van der Waals surface area contributed by atoms with Crippen molar-refractivity contribution in [1.82, 2.24) is 9.55 Å². The summed E-state index contributed by atoms with van der Waals surface area (Å²) >= 11 is 7.47. The number of aliphatic hydroxyl groups excluding tert-OH is 1. The summed E-state index contributed by atoms with van der Waals surface area (Å²) in [5.74, 6) is -0.0454. The van der Waals surface area contributed by atoms with Crippen molar-refractivity contribution >= 4 is 28.7 Å². The van der Waals surface area contributed by atoms with Gasteiger partial charge in [0.25, 0.3) is 5.56 Å². The standard InChI is InChI=1S/C33H37ClN2O3S/c1-6-22-9-8-10-23(7-2)31(22)36-29(15-20(3)4)26(30(38)16-21(5)18-37)17-27(33(36)39)32-35-28(19-40-32)24-11-13-25(34)14-12-24/h8-14,17,19-21,37H,6-7,15-16,18H2,1-5H3. The fraction of sp³-hybridized carbons (Fsp3) is 0.364. The van der Waals surface area contributed by atoms with Gasteiger partial charge in [0.15, 0.2) is 5.78 Å². The zero-order chi connectivity index (χ0) is 29.0. The number of nitrogens with zero attached hydrogens (tertiary/aromatic N) is 2. The van der Waals surface area contributed by atoms with E-state index < -0.39 is 0 Å². The van der Waals surface area contributed by atoms with E-state index in [0.717, 1.165) is 46.6 Å². The van der Waals surface area contributed by atoms with Crippen LogP contribution < -0.4 is 5.56 Å². The first-order chi connectivity index (χ1) is 19.2. The smallest absolute Gasteiger partial charge is 0.265 e. The second-order valence-electron chi connectivity index (χ2n) is 10.7. The molecule has 0 amide bonds. The molecule has 5 nitrogen and oxygen atoms in total. The molecule has 0 aliphatic heterocycles. The lowest BCUT2D eigenvalue weighted by atomic mass is 9.93. The minimum absolute atomic E-state index is 0.0753. The predicted molar refractivity (Wildman–Crippen MR) is 166 cm³/mol. The topological polar surface area (TPSA) is 72.2 Å². The van der Waals surface area contributed by atoms with Gasteiger partial charge in [-0.15, -0.1) is 11.3 Å². The monoisotopic (exact) mass is 576 g/mol. The molecule has 0 aliphatic carbocycles. The third-order valence-corrected chi connectivity index (χ3v) is 8.24. The van der Waals surface area contributed by atoms with E-state index in [2.05, 4.69) is 39.8 Å². The number of carbonyl (C=O) groups is 1. The van der Waals surface area contributed by atoms with Crippen LogP contribution in [0, 0.1) is 11.8 Å². The second kappa shape index (κ2) is 13.1. The molecule has 0 saturated carbocycles. The van der Waals surface area contributed by atoms with Gasteiger partial charge in [-0.1, -0.05) is 76.6 Å². The Bertz CT molecular complexity index is 1530. The maximum absolute atomic E-state index is 14.5. The van der Waals surface area contributed by atoms with Crippen molar-refractivity contribution in [3.8, 4) is 27.5 Å². The highest BCUT2D eigenvalue weighted by molar-refractivity contribution is 7.13. The van der Waals surface area contributed by atoms with Gasteiger partial charge in [0, 0.05) is 40.3 Å². The fourth-order valence-corrected chi connectivity index (χ4v) is 5.98. The third-order valence-electron chi connectivity index (χ3n) is 7.11. The molecule has 1 unspecified atom stereocenters. The number of aliphatic hydroxyl groups is 1. The highest BCUT2D eigenvalue weighted by Crippen LogP contribution is 2.32. The summed E-state index contributed by atoms with van der Waals surface area (Å²) in [7, 11) is 0. The SMILES string of the molecule is CCc1cccc(CC)c1-n1c(CC(C)C)c(C(=O)CC(C)CO)cc(-c2nc(-c3ccc(Cl)cc3)cs2)c1=O. The van der Waals surface area contributed by atoms with E-state index in [9.17, 15) is 14.7 Å². The molecule has 0 saturated heterocycles. The van der Waals surface area contributed by atoms with Gasteiger partial charge in [-0.2, -0.15) is 0 Å². The molecule has 40 heavy (non-hydrogen) atoms. The van der Waals surface area contributed by atoms with Crippen molar-refractivity contribution in [1.29, 1.82) is 0 Å². The second-order valence-corrected chi connectivity index (χ2v) is 12.0. The van der Waals surface area contributed by atoms with Crippen LogP contribution in [-0.4, -0.2) is 27.0 Å². The lowest BCUT2D eigenvalue weighted by Crippen LogP contribution is -2.29. The number of pyridine rings is 1. The van der Waals surface area contributed by atoms with Gasteiger partial charge >= 0.3 is 0 Å². The fourth-order valence-electron chi connectivity index (χ4n) is 5.02. The minimum atomic E-state index is -0.186. The molecule has 1 N–H and O–H groups in total. The Morgan fingerprint density at radius 1 is 1.05 bits per heavy atom. The number of para-hydroxylation sites is 1. The number of ketones is 1. The van der Waals surface area contributed by atoms with Crippen LogP contribution in [0.4, 0.5) is 0 Å². The molecule has 0 fully saturated rings. The normalized spacial score (nSPS) is 12.2. The average Bonchev–Trinajstić information content (AvgIpc) is 3.43. The van der Waals surface area contributed by atoms with Crippen molar-refractivity contribution in [3.05, 3.63) is 91.7 Å². The maximum atomic E-state index is 14.5. The Kier molecular flexibility index (Phi) is 9.77. The van der Waals surface area contributed by atoms with Crippen molar-refractivity contribution in [3.63, 3.8) is 0 Å². The lowest BCUT2D eigenvalue weighted by Gasteiger charge is -2.24. The van der Waals surface area contributed by atoms with Gasteiger partial charge in [0.05, 0.1) is 16.9 Å². The predicted octanol–water partition coefficient (Wildman–Crippen LogP) is 7.81. The van der Waals surface area contributed by atoms with E-state index in [-0.39, 0.29) is 36.2 Å². The molecule has 2 heterocycles. The number of halogens is 1. The first kappa shape index (κ1) is 29.9. The molecule has 7 heteroatoms. The summed E-state index contributed by atoms with van der Waals surface area (Å²) in [6.07, 6.45) is 2.27. The van der Waals surface area contributed by atoms with E-state index in [1.165, 1.54) is 11.3 Å². The molecule has 210 valence electrons. The number of rotatable bonds is 11. The van der Waals surface area contributed by atoms with Gasteiger partial charge in [-0.25, -0.2) is 4.98 Å². The first-order valence-electron chi connectivity index (χ1n) is 13.9. The summed E-state index contributed by atoms with van der Waals surface area (Å²) < 4.78 is 1.80. The molecule has 0 aliphatic rings. The number of hydrogen-bond donors (Lipinski definition) is 1. The largest absolute Gasteiger partial charge is 0.396 e. The molecular weight excluding hydrogens is 540 g/mol. The van der Waals surface area contributed by atoms with Crippen LogP contribution in [0.5, 0.6) is 0 Å². The summed E-state index contributed by atoms with van der Waals surface area (Å²) in [6.45, 7) is 10.1. The molecular formula is C33H37ClN2O3S. The number of hydrogen-bond acceptors (Lipinski definition) is 5. The minimum Gasteiger partial charge on any atom is -0.396 e. The molecule has 1 atom stereocenters. The number of aromatic nitrogens is 2. The summed E-state index contributed by atoms with van der Waals surface area (Å²) in [5, 5.41) is 12.8. The maximum Gasteiger partial charge on any atom is 0.265 e. The Hall–Kier alpha value is -3.06. The van der Waals surface area contributed by atoms with Crippen LogP contribution in [0.3, 0.4) is 0 Å². The lowest BCUT2D eigenvalue weighted by molar-refractivity contribution is 0.0941. The van der Waals surface area contributed by atoms with Gasteiger partial charge in [-0.05, 0) is 60.4 Å². The van der Waals surface area contributed by atoms with E-state index in [0.29, 0.717) is 27.6 Å². The van der Waals surface area contributed by atoms with Crippen LogP contribution in [0.25, 0.3) is 27.5 Å². The highest BCUT2D eigenvalue weighted by atomic mass is 35.5. The van der Waals surface area contributed by atoms with E-state index in [1.54, 1.807) is 10.6 Å². The quantitative estimate of drug-likeness (QED) is 0.185. The molecule has 2 aromatic carbocycles. The number of Topliss-reactive ketones (excluding diaryl/α,β-unsaturated/α-hetero) is 1. The van der Waals surface area contributed by atoms with Crippen LogP contribution in [0.15, 0.2) is 58.7 Å². The van der Waals surface area contributed by atoms with Gasteiger partial charge < -0.3 is 5.11 Å². The zero-order valence-corrected chi connectivity index (χ0v) is 25.4. The molecule has 0 radical (unpaired) electrons. The Morgan fingerprint density at radius 3 is 2.27 bits per heavy atom. The Morgan fingerprint density at radius 2 is 1.70 bits per heavy atom.